The minimum Gasteiger partial charge on any atom is -0.399 e. The Bertz CT molecular complexity index is 439. The van der Waals surface area contributed by atoms with Crippen molar-refractivity contribution >= 4 is 17.3 Å². The van der Waals surface area contributed by atoms with E-state index >= 15 is 0 Å². The molecule has 0 aromatic heterocycles. The third kappa shape index (κ3) is 3.47. The molecule has 2 unspecified atom stereocenters. The van der Waals surface area contributed by atoms with Crippen molar-refractivity contribution in [1.82, 2.24) is 4.90 Å². The van der Waals surface area contributed by atoms with Crippen LogP contribution in [0.2, 0.25) is 0 Å². The van der Waals surface area contributed by atoms with Crippen LogP contribution in [0.3, 0.4) is 0 Å². The molecule has 1 fully saturated rings. The van der Waals surface area contributed by atoms with Crippen molar-refractivity contribution in [3.05, 3.63) is 24.3 Å². The molecule has 0 radical (unpaired) electrons. The second kappa shape index (κ2) is 5.61. The Morgan fingerprint density at radius 1 is 1.32 bits per heavy atom. The molecule has 1 aliphatic rings. The molecule has 0 spiro atoms. The Morgan fingerprint density at radius 2 is 1.89 bits per heavy atom. The number of nitrogens with one attached hydrogen (secondary N) is 1. The zero-order valence-electron chi connectivity index (χ0n) is 11.9. The summed E-state index contributed by atoms with van der Waals surface area (Å²) in [7, 11) is 2.02. The Kier molecular flexibility index (Phi) is 4.10. The lowest BCUT2D eigenvalue weighted by Crippen LogP contribution is -2.45. The number of nitrogen functional groups attached to an aromatic ring is 1. The van der Waals surface area contributed by atoms with Crippen molar-refractivity contribution in [1.29, 1.82) is 0 Å². The van der Waals surface area contributed by atoms with E-state index in [1.165, 1.54) is 12.8 Å². The van der Waals surface area contributed by atoms with Gasteiger partial charge >= 0.3 is 0 Å². The van der Waals surface area contributed by atoms with Crippen LogP contribution in [-0.2, 0) is 4.79 Å². The molecule has 3 N–H and O–H groups in total. The molecule has 1 aromatic carbocycles. The lowest BCUT2D eigenvalue weighted by Gasteiger charge is -2.30. The average molecular weight is 261 g/mol. The van der Waals surface area contributed by atoms with E-state index in [9.17, 15) is 4.79 Å². The maximum Gasteiger partial charge on any atom is 0.241 e. The molecule has 2 atom stereocenters. The zero-order valence-corrected chi connectivity index (χ0v) is 11.9. The fourth-order valence-electron chi connectivity index (χ4n) is 2.26. The van der Waals surface area contributed by atoms with Crippen molar-refractivity contribution in [3.63, 3.8) is 0 Å². The van der Waals surface area contributed by atoms with Gasteiger partial charge in [0, 0.05) is 17.4 Å². The maximum absolute atomic E-state index is 12.2. The van der Waals surface area contributed by atoms with Gasteiger partial charge in [-0.2, -0.15) is 0 Å². The van der Waals surface area contributed by atoms with Crippen LogP contribution in [0.1, 0.15) is 26.7 Å². The molecule has 1 aliphatic carbocycles. The van der Waals surface area contributed by atoms with Crippen LogP contribution in [-0.4, -0.2) is 29.9 Å². The molecule has 0 saturated heterocycles. The lowest BCUT2D eigenvalue weighted by molar-refractivity contribution is -0.121. The van der Waals surface area contributed by atoms with Gasteiger partial charge in [-0.3, -0.25) is 9.69 Å². The summed E-state index contributed by atoms with van der Waals surface area (Å²) in [6.45, 7) is 4.15. The SMILES string of the molecule is CC(C(=O)Nc1ccc(N)cc1)N(C)C(C)C1CC1. The standard InChI is InChI=1S/C15H23N3O/c1-10(12-4-5-12)18(3)11(2)15(19)17-14-8-6-13(16)7-9-14/h6-12H,4-5,16H2,1-3H3,(H,17,19). The highest BCUT2D eigenvalue weighted by Gasteiger charge is 2.33. The van der Waals surface area contributed by atoms with Crippen LogP contribution in [0.15, 0.2) is 24.3 Å². The van der Waals surface area contributed by atoms with Gasteiger partial charge in [0.1, 0.15) is 0 Å². The van der Waals surface area contributed by atoms with E-state index in [4.69, 9.17) is 5.73 Å². The van der Waals surface area contributed by atoms with E-state index in [1.807, 2.05) is 26.1 Å². The molecule has 0 aliphatic heterocycles. The van der Waals surface area contributed by atoms with E-state index in [0.717, 1.165) is 11.6 Å². The van der Waals surface area contributed by atoms with Crippen LogP contribution in [0.4, 0.5) is 11.4 Å². The molecule has 0 heterocycles. The summed E-state index contributed by atoms with van der Waals surface area (Å²) in [5.74, 6) is 0.788. The number of rotatable bonds is 5. The summed E-state index contributed by atoms with van der Waals surface area (Å²) >= 11 is 0. The van der Waals surface area contributed by atoms with E-state index in [-0.39, 0.29) is 11.9 Å². The number of amides is 1. The van der Waals surface area contributed by atoms with Gasteiger partial charge in [0.2, 0.25) is 5.91 Å². The molecular weight excluding hydrogens is 238 g/mol. The van der Waals surface area contributed by atoms with Gasteiger partial charge in [-0.15, -0.1) is 0 Å². The smallest absolute Gasteiger partial charge is 0.241 e. The van der Waals surface area contributed by atoms with Gasteiger partial charge in [-0.1, -0.05) is 0 Å². The molecule has 19 heavy (non-hydrogen) atoms. The van der Waals surface area contributed by atoms with E-state index in [1.54, 1.807) is 12.1 Å². The predicted molar refractivity (Wildman–Crippen MR) is 78.9 cm³/mol. The maximum atomic E-state index is 12.2. The van der Waals surface area contributed by atoms with Gasteiger partial charge in [-0.05, 0) is 63.9 Å². The lowest BCUT2D eigenvalue weighted by atomic mass is 10.1. The first-order valence-electron chi connectivity index (χ1n) is 6.87. The summed E-state index contributed by atoms with van der Waals surface area (Å²) < 4.78 is 0. The zero-order chi connectivity index (χ0) is 14.0. The van der Waals surface area contributed by atoms with Gasteiger partial charge in [-0.25, -0.2) is 0 Å². The van der Waals surface area contributed by atoms with Crippen LogP contribution >= 0.6 is 0 Å². The van der Waals surface area contributed by atoms with Crippen molar-refractivity contribution < 1.29 is 4.79 Å². The van der Waals surface area contributed by atoms with Crippen LogP contribution in [0, 0.1) is 5.92 Å². The van der Waals surface area contributed by atoms with E-state index in [2.05, 4.69) is 17.1 Å². The minimum atomic E-state index is -0.131. The number of carbonyl (C=O) groups is 1. The third-order valence-corrected chi connectivity index (χ3v) is 4.12. The number of carbonyl (C=O) groups excluding carboxylic acids is 1. The molecule has 104 valence electrons. The van der Waals surface area contributed by atoms with Crippen molar-refractivity contribution in [2.75, 3.05) is 18.1 Å². The summed E-state index contributed by atoms with van der Waals surface area (Å²) in [6.07, 6.45) is 2.58. The topological polar surface area (TPSA) is 58.4 Å². The summed E-state index contributed by atoms with van der Waals surface area (Å²) in [5, 5.41) is 2.93. The van der Waals surface area contributed by atoms with Gasteiger partial charge in [0.25, 0.3) is 0 Å². The monoisotopic (exact) mass is 261 g/mol. The third-order valence-electron chi connectivity index (χ3n) is 4.12. The van der Waals surface area contributed by atoms with Gasteiger partial charge < -0.3 is 11.1 Å². The van der Waals surface area contributed by atoms with E-state index in [0.29, 0.717) is 11.7 Å². The first-order chi connectivity index (χ1) is 8.99. The minimum absolute atomic E-state index is 0.0276. The number of nitrogens with two attached hydrogens (primary N) is 1. The summed E-state index contributed by atoms with van der Waals surface area (Å²) in [5.41, 5.74) is 7.11. The first-order valence-corrected chi connectivity index (χ1v) is 6.87. The van der Waals surface area contributed by atoms with Crippen molar-refractivity contribution in [3.8, 4) is 0 Å². The van der Waals surface area contributed by atoms with Gasteiger partial charge in [0.05, 0.1) is 6.04 Å². The fourth-order valence-corrected chi connectivity index (χ4v) is 2.26. The Balaban J connectivity index is 1.92. The summed E-state index contributed by atoms with van der Waals surface area (Å²) in [4.78, 5) is 14.4. The predicted octanol–water partition coefficient (Wildman–Crippen LogP) is 2.33. The quantitative estimate of drug-likeness (QED) is 0.800. The van der Waals surface area contributed by atoms with Crippen LogP contribution < -0.4 is 11.1 Å². The fraction of sp³-hybridized carbons (Fsp3) is 0.533. The molecule has 1 saturated carbocycles. The Labute approximate surface area is 115 Å². The number of likely N-dealkylation sites (N-methyl/N-ethyl adjacent to an activating group) is 1. The molecule has 0 bridgehead atoms. The Hall–Kier alpha value is -1.55. The van der Waals surface area contributed by atoms with Crippen molar-refractivity contribution in [2.24, 2.45) is 5.92 Å². The normalized spacial score (nSPS) is 18.1. The summed E-state index contributed by atoms with van der Waals surface area (Å²) in [6, 6.07) is 7.56. The van der Waals surface area contributed by atoms with Gasteiger partial charge in [0.15, 0.2) is 0 Å². The highest BCUT2D eigenvalue weighted by atomic mass is 16.2. The van der Waals surface area contributed by atoms with Crippen LogP contribution in [0.25, 0.3) is 0 Å². The average Bonchev–Trinajstić information content (AvgIpc) is 3.23. The number of benzene rings is 1. The second-order valence-electron chi connectivity index (χ2n) is 5.53. The van der Waals surface area contributed by atoms with Crippen LogP contribution in [0.5, 0.6) is 0 Å². The molecule has 4 heteroatoms. The number of nitrogens with zero attached hydrogens (tertiary/aromatic N) is 1. The molecular formula is C15H23N3O. The molecule has 1 amide bonds. The highest BCUT2D eigenvalue weighted by molar-refractivity contribution is 5.94. The molecule has 2 rings (SSSR count). The van der Waals surface area contributed by atoms with Crippen molar-refractivity contribution in [2.45, 2.75) is 38.8 Å². The number of hydrogen-bond acceptors (Lipinski definition) is 3. The van der Waals surface area contributed by atoms with E-state index < -0.39 is 0 Å². The first kappa shape index (κ1) is 13.9. The number of hydrogen-bond donors (Lipinski definition) is 2. The number of anilines is 2. The second-order valence-corrected chi connectivity index (χ2v) is 5.53. The molecule has 1 aromatic rings. The highest BCUT2D eigenvalue weighted by Crippen LogP contribution is 2.35. The molecule has 4 nitrogen and oxygen atoms in total. The Morgan fingerprint density at radius 3 is 2.42 bits per heavy atom. The largest absolute Gasteiger partial charge is 0.399 e.